The third kappa shape index (κ3) is 2.66. The summed E-state index contributed by atoms with van der Waals surface area (Å²) < 4.78 is 48.1. The minimum Gasteiger partial charge on any atom is -0.497 e. The van der Waals surface area contributed by atoms with Gasteiger partial charge >= 0.3 is 0 Å². The van der Waals surface area contributed by atoms with Crippen molar-refractivity contribution in [1.29, 1.82) is 0 Å². The first-order valence-electron chi connectivity index (χ1n) is 5.83. The van der Waals surface area contributed by atoms with Gasteiger partial charge in [-0.2, -0.15) is 4.31 Å². The standard InChI is InChI=1S/C12H16FNO4S/c1-17-10-4-3-9(11(7-10)18-2)8-14-6-5-12(13)19(14,15)16/h3-4,7,12H,5-6,8H2,1-2H3. The van der Waals surface area contributed by atoms with Crippen LogP contribution in [0.4, 0.5) is 4.39 Å². The van der Waals surface area contributed by atoms with Crippen LogP contribution in [-0.4, -0.2) is 39.0 Å². The van der Waals surface area contributed by atoms with Gasteiger partial charge in [0.2, 0.25) is 15.5 Å². The van der Waals surface area contributed by atoms with Crippen molar-refractivity contribution in [3.8, 4) is 11.5 Å². The molecule has 5 nitrogen and oxygen atoms in total. The second-order valence-electron chi connectivity index (χ2n) is 4.26. The van der Waals surface area contributed by atoms with Gasteiger partial charge in [0, 0.05) is 31.1 Å². The van der Waals surface area contributed by atoms with Crippen molar-refractivity contribution in [2.24, 2.45) is 0 Å². The van der Waals surface area contributed by atoms with E-state index in [1.54, 1.807) is 18.2 Å². The topological polar surface area (TPSA) is 55.8 Å². The van der Waals surface area contributed by atoms with Gasteiger partial charge in [-0.15, -0.1) is 0 Å². The van der Waals surface area contributed by atoms with Crippen molar-refractivity contribution in [3.05, 3.63) is 23.8 Å². The van der Waals surface area contributed by atoms with E-state index in [2.05, 4.69) is 0 Å². The molecule has 0 spiro atoms. The van der Waals surface area contributed by atoms with Crippen molar-refractivity contribution in [2.45, 2.75) is 18.5 Å². The highest BCUT2D eigenvalue weighted by molar-refractivity contribution is 7.89. The number of sulfonamides is 1. The molecule has 1 atom stereocenters. The van der Waals surface area contributed by atoms with Crippen LogP contribution >= 0.6 is 0 Å². The van der Waals surface area contributed by atoms with Crippen molar-refractivity contribution >= 4 is 10.0 Å². The Hall–Kier alpha value is -1.34. The molecule has 2 rings (SSSR count). The first-order valence-corrected chi connectivity index (χ1v) is 7.33. The highest BCUT2D eigenvalue weighted by atomic mass is 32.2. The Bertz CT molecular complexity index is 561. The largest absolute Gasteiger partial charge is 0.497 e. The van der Waals surface area contributed by atoms with Crippen LogP contribution < -0.4 is 9.47 Å². The molecule has 0 amide bonds. The SMILES string of the molecule is COc1ccc(CN2CCC(F)S2(=O)=O)c(OC)c1. The molecule has 1 aromatic carbocycles. The van der Waals surface area contributed by atoms with E-state index in [0.29, 0.717) is 17.1 Å². The van der Waals surface area contributed by atoms with E-state index in [9.17, 15) is 12.8 Å². The summed E-state index contributed by atoms with van der Waals surface area (Å²) in [6.45, 7) is 0.300. The number of nitrogens with zero attached hydrogens (tertiary/aromatic N) is 1. The summed E-state index contributed by atoms with van der Waals surface area (Å²) in [6, 6.07) is 5.11. The van der Waals surface area contributed by atoms with E-state index >= 15 is 0 Å². The zero-order chi connectivity index (χ0) is 14.0. The van der Waals surface area contributed by atoms with Gasteiger partial charge in [0.1, 0.15) is 11.5 Å². The number of rotatable bonds is 4. The van der Waals surface area contributed by atoms with E-state index in [1.165, 1.54) is 14.2 Å². The van der Waals surface area contributed by atoms with Gasteiger partial charge in [-0.1, -0.05) is 6.07 Å². The Kier molecular flexibility index (Phi) is 3.96. The zero-order valence-electron chi connectivity index (χ0n) is 10.8. The van der Waals surface area contributed by atoms with Crippen molar-refractivity contribution in [2.75, 3.05) is 20.8 Å². The molecular weight excluding hydrogens is 273 g/mol. The van der Waals surface area contributed by atoms with E-state index in [1.807, 2.05) is 0 Å². The maximum absolute atomic E-state index is 13.3. The molecule has 0 bridgehead atoms. The molecule has 7 heteroatoms. The average molecular weight is 289 g/mol. The molecule has 0 saturated carbocycles. The predicted molar refractivity (Wildman–Crippen MR) is 68.4 cm³/mol. The number of hydrogen-bond acceptors (Lipinski definition) is 4. The summed E-state index contributed by atoms with van der Waals surface area (Å²) in [5.41, 5.74) is -1.11. The lowest BCUT2D eigenvalue weighted by Gasteiger charge is -2.17. The summed E-state index contributed by atoms with van der Waals surface area (Å²) in [6.07, 6.45) is 0.0147. The van der Waals surface area contributed by atoms with Crippen LogP contribution in [-0.2, 0) is 16.6 Å². The van der Waals surface area contributed by atoms with Gasteiger partial charge in [-0.05, 0) is 6.07 Å². The molecule has 1 aliphatic rings. The van der Waals surface area contributed by atoms with Crippen LogP contribution in [0.5, 0.6) is 11.5 Å². The monoisotopic (exact) mass is 289 g/mol. The molecule has 0 radical (unpaired) electrons. The Morgan fingerprint density at radius 2 is 2.11 bits per heavy atom. The van der Waals surface area contributed by atoms with E-state index in [-0.39, 0.29) is 19.5 Å². The van der Waals surface area contributed by atoms with Crippen LogP contribution in [0.1, 0.15) is 12.0 Å². The lowest BCUT2D eigenvalue weighted by atomic mass is 10.2. The van der Waals surface area contributed by atoms with Crippen LogP contribution in [0.25, 0.3) is 0 Å². The second-order valence-corrected chi connectivity index (χ2v) is 6.31. The molecule has 0 aromatic heterocycles. The molecule has 0 aliphatic carbocycles. The number of benzene rings is 1. The van der Waals surface area contributed by atoms with Gasteiger partial charge in [0.15, 0.2) is 0 Å². The summed E-state index contributed by atoms with van der Waals surface area (Å²) in [5, 5.41) is 0. The highest BCUT2D eigenvalue weighted by Crippen LogP contribution is 2.30. The molecule has 1 heterocycles. The van der Waals surface area contributed by atoms with Crippen LogP contribution in [0.15, 0.2) is 18.2 Å². The van der Waals surface area contributed by atoms with E-state index in [0.717, 1.165) is 4.31 Å². The predicted octanol–water partition coefficient (Wildman–Crippen LogP) is 1.53. The number of methoxy groups -OCH3 is 2. The second kappa shape index (κ2) is 5.34. The molecule has 1 saturated heterocycles. The average Bonchev–Trinajstić information content (AvgIpc) is 2.66. The molecule has 19 heavy (non-hydrogen) atoms. The van der Waals surface area contributed by atoms with E-state index in [4.69, 9.17) is 9.47 Å². The van der Waals surface area contributed by atoms with Crippen molar-refractivity contribution in [1.82, 2.24) is 4.31 Å². The van der Waals surface area contributed by atoms with Crippen LogP contribution in [0, 0.1) is 0 Å². The summed E-state index contributed by atoms with van der Waals surface area (Å²) >= 11 is 0. The third-order valence-electron chi connectivity index (χ3n) is 3.13. The number of alkyl halides is 1. The number of ether oxygens (including phenoxy) is 2. The minimum absolute atomic E-state index is 0.0147. The smallest absolute Gasteiger partial charge is 0.246 e. The summed E-state index contributed by atoms with van der Waals surface area (Å²) in [5.74, 6) is 1.14. The fourth-order valence-corrected chi connectivity index (χ4v) is 3.43. The molecule has 1 fully saturated rings. The Labute approximate surface area is 112 Å². The number of halogens is 1. The molecule has 106 valence electrons. The lowest BCUT2D eigenvalue weighted by Crippen LogP contribution is -2.27. The van der Waals surface area contributed by atoms with Crippen LogP contribution in [0.3, 0.4) is 0 Å². The third-order valence-corrected chi connectivity index (χ3v) is 5.04. The fourth-order valence-electron chi connectivity index (χ4n) is 2.02. The molecular formula is C12H16FNO4S. The minimum atomic E-state index is -3.82. The van der Waals surface area contributed by atoms with E-state index < -0.39 is 15.5 Å². The molecule has 1 aromatic rings. The highest BCUT2D eigenvalue weighted by Gasteiger charge is 2.39. The van der Waals surface area contributed by atoms with Gasteiger partial charge in [0.25, 0.3) is 0 Å². The summed E-state index contributed by atoms with van der Waals surface area (Å²) in [4.78, 5) is 0. The zero-order valence-corrected chi connectivity index (χ0v) is 11.6. The maximum Gasteiger partial charge on any atom is 0.246 e. The fraction of sp³-hybridized carbons (Fsp3) is 0.500. The number of hydrogen-bond donors (Lipinski definition) is 0. The first-order chi connectivity index (χ1) is 8.98. The normalized spacial score (nSPS) is 22.4. The van der Waals surface area contributed by atoms with Gasteiger partial charge in [0.05, 0.1) is 14.2 Å². The van der Waals surface area contributed by atoms with Gasteiger partial charge in [-0.3, -0.25) is 0 Å². The molecule has 1 unspecified atom stereocenters. The summed E-state index contributed by atoms with van der Waals surface area (Å²) in [7, 11) is -0.795. The quantitative estimate of drug-likeness (QED) is 0.843. The molecule has 1 aliphatic heterocycles. The van der Waals surface area contributed by atoms with Gasteiger partial charge < -0.3 is 9.47 Å². The first kappa shape index (κ1) is 14.1. The Morgan fingerprint density at radius 3 is 2.63 bits per heavy atom. The Morgan fingerprint density at radius 1 is 1.37 bits per heavy atom. The van der Waals surface area contributed by atoms with Crippen LogP contribution in [0.2, 0.25) is 0 Å². The van der Waals surface area contributed by atoms with Gasteiger partial charge in [-0.25, -0.2) is 12.8 Å². The Balaban J connectivity index is 2.25. The van der Waals surface area contributed by atoms with Crippen molar-refractivity contribution in [3.63, 3.8) is 0 Å². The molecule has 0 N–H and O–H groups in total. The maximum atomic E-state index is 13.3. The lowest BCUT2D eigenvalue weighted by molar-refractivity contribution is 0.379. The van der Waals surface area contributed by atoms with Crippen molar-refractivity contribution < 1.29 is 22.3 Å².